The number of aryl methyl sites for hydroxylation is 2. The van der Waals surface area contributed by atoms with Crippen molar-refractivity contribution in [1.29, 1.82) is 0 Å². The second kappa shape index (κ2) is 10.7. The number of hydrogen-bond acceptors (Lipinski definition) is 6. The Labute approximate surface area is 224 Å². The van der Waals surface area contributed by atoms with Crippen LogP contribution in [0, 0.1) is 17.5 Å². The van der Waals surface area contributed by atoms with Crippen LogP contribution in [0.25, 0.3) is 0 Å². The molecular weight excluding hydrogens is 706 g/mol. The minimum Gasteiger partial charge on any atom is -0.230 e. The molecule has 2 aromatic carbocycles. The van der Waals surface area contributed by atoms with Gasteiger partial charge in [0.05, 0.1) is 11.1 Å². The third kappa shape index (κ3) is 6.74. The van der Waals surface area contributed by atoms with E-state index in [2.05, 4.69) is 24.8 Å². The SMILES string of the molecule is Cc1ccc(S(=O)(=O)n2cn[c]([Sn]([CH3])([CH3])[CH3])c2)cc1.Cc1ccc(S(=O)(=O)n2cnc(I)c2)cc1. The average Bonchev–Trinajstić information content (AvgIpc) is 3.45. The van der Waals surface area contributed by atoms with Crippen molar-refractivity contribution >= 4 is 64.7 Å². The van der Waals surface area contributed by atoms with Crippen LogP contribution >= 0.6 is 22.6 Å². The summed E-state index contributed by atoms with van der Waals surface area (Å²) in [5, 5.41) is 0. The third-order valence-electron chi connectivity index (χ3n) is 5.05. The van der Waals surface area contributed by atoms with Gasteiger partial charge in [-0.15, -0.1) is 0 Å². The Morgan fingerprint density at radius 2 is 1.09 bits per heavy atom. The molecule has 0 saturated heterocycles. The number of imidazole rings is 2. The number of halogens is 1. The van der Waals surface area contributed by atoms with Crippen molar-refractivity contribution < 1.29 is 16.8 Å². The summed E-state index contributed by atoms with van der Waals surface area (Å²) in [6, 6.07) is 13.6. The van der Waals surface area contributed by atoms with E-state index < -0.39 is 38.4 Å². The predicted octanol–water partition coefficient (Wildman–Crippen LogP) is 4.01. The topological polar surface area (TPSA) is 104 Å². The fourth-order valence-corrected chi connectivity index (χ4v) is 8.82. The van der Waals surface area contributed by atoms with Gasteiger partial charge in [-0.1, -0.05) is 17.7 Å². The average molecular weight is 733 g/mol. The fourth-order valence-electron chi connectivity index (χ4n) is 2.90. The molecule has 2 aromatic heterocycles. The van der Waals surface area contributed by atoms with Gasteiger partial charge in [0.25, 0.3) is 10.0 Å². The summed E-state index contributed by atoms with van der Waals surface area (Å²) in [6.07, 6.45) is 5.87. The minimum absolute atomic E-state index is 0.270. The van der Waals surface area contributed by atoms with Crippen LogP contribution in [0.1, 0.15) is 11.1 Å². The molecule has 0 N–H and O–H groups in total. The summed E-state index contributed by atoms with van der Waals surface area (Å²) >= 11 is -0.358. The van der Waals surface area contributed by atoms with E-state index in [4.69, 9.17) is 0 Å². The molecule has 8 nitrogen and oxygen atoms in total. The van der Waals surface area contributed by atoms with Crippen molar-refractivity contribution in [3.05, 3.63) is 88.4 Å². The van der Waals surface area contributed by atoms with Crippen LogP contribution in [0.4, 0.5) is 0 Å². The first kappa shape index (κ1) is 27.9. The molecule has 0 atom stereocenters. The molecule has 0 bridgehead atoms. The molecule has 0 aliphatic heterocycles. The molecule has 0 radical (unpaired) electrons. The standard InChI is InChI=1S/C10H9IN2O2S.C10H9N2O2S.3CH3.Sn/c1-8-2-4-9(5-3-8)16(14,15)13-6-10(11)12-7-13;1-9-2-4-10(5-3-9)15(13,14)12-7-6-11-8-12;;;;/h2-7H,1H3;2-5,7-8H,1H3;3*1H3;. The van der Waals surface area contributed by atoms with Crippen LogP contribution < -0.4 is 3.71 Å². The van der Waals surface area contributed by atoms with Gasteiger partial charge in [0.2, 0.25) is 0 Å². The summed E-state index contributed by atoms with van der Waals surface area (Å²) in [6.45, 7) is 3.84. The summed E-state index contributed by atoms with van der Waals surface area (Å²) in [5.74, 6) is 0. The zero-order valence-electron chi connectivity index (χ0n) is 20.0. The number of hydrogen-bond donors (Lipinski definition) is 0. The normalized spacial score (nSPS) is 12.2. The van der Waals surface area contributed by atoms with Gasteiger partial charge in [-0.3, -0.25) is 0 Å². The van der Waals surface area contributed by atoms with Crippen LogP contribution in [-0.4, -0.2) is 53.1 Å². The molecule has 0 aliphatic rings. The first-order chi connectivity index (χ1) is 16.2. The van der Waals surface area contributed by atoms with E-state index >= 15 is 0 Å². The van der Waals surface area contributed by atoms with Gasteiger partial charge in [0.15, 0.2) is 0 Å². The van der Waals surface area contributed by atoms with E-state index in [1.54, 1.807) is 54.7 Å². The Hall–Kier alpha value is -1.71. The summed E-state index contributed by atoms with van der Waals surface area (Å²) < 4.78 is 53.0. The molecule has 0 amide bonds. The molecule has 0 spiro atoms. The second-order valence-electron chi connectivity index (χ2n) is 9.00. The van der Waals surface area contributed by atoms with Gasteiger partial charge >= 0.3 is 118 Å². The zero-order valence-corrected chi connectivity index (χ0v) is 26.7. The van der Waals surface area contributed by atoms with Gasteiger partial charge in [-0.05, 0) is 41.6 Å². The zero-order chi connectivity index (χ0) is 26.0. The second-order valence-corrected chi connectivity index (χ2v) is 28.1. The fraction of sp³-hybridized carbons (Fsp3) is 0.217. The molecule has 4 aromatic rings. The monoisotopic (exact) mass is 734 g/mol. The molecule has 0 fully saturated rings. The number of benzene rings is 2. The summed E-state index contributed by atoms with van der Waals surface area (Å²) in [5.41, 5.74) is 2.07. The third-order valence-corrected chi connectivity index (χ3v) is 14.0. The number of aromatic nitrogens is 4. The molecule has 0 aliphatic carbocycles. The summed E-state index contributed by atoms with van der Waals surface area (Å²) in [7, 11) is -6.99. The Balaban J connectivity index is 0.000000198. The van der Waals surface area contributed by atoms with Crippen molar-refractivity contribution in [1.82, 2.24) is 17.9 Å². The first-order valence-corrected chi connectivity index (χ1v) is 24.5. The molecule has 12 heteroatoms. The largest absolute Gasteiger partial charge is 0.268 e. The van der Waals surface area contributed by atoms with Crippen LogP contribution in [0.3, 0.4) is 0 Å². The van der Waals surface area contributed by atoms with Gasteiger partial charge < -0.3 is 0 Å². The number of rotatable bonds is 5. The molecule has 186 valence electrons. The maximum absolute atomic E-state index is 12.4. The first-order valence-electron chi connectivity index (χ1n) is 10.6. The Morgan fingerprint density at radius 1 is 0.686 bits per heavy atom. The maximum Gasteiger partial charge on any atom is 0.268 e. The molecule has 0 saturated carbocycles. The predicted molar refractivity (Wildman–Crippen MR) is 148 cm³/mol. The molecule has 2 heterocycles. The van der Waals surface area contributed by atoms with Gasteiger partial charge in [-0.25, -0.2) is 17.4 Å². The van der Waals surface area contributed by atoms with Crippen molar-refractivity contribution in [3.63, 3.8) is 0 Å². The Morgan fingerprint density at radius 3 is 1.43 bits per heavy atom. The maximum atomic E-state index is 12.4. The summed E-state index contributed by atoms with van der Waals surface area (Å²) in [4.78, 5) is 15.4. The van der Waals surface area contributed by atoms with E-state index in [9.17, 15) is 16.8 Å². The van der Waals surface area contributed by atoms with Crippen molar-refractivity contribution in [2.45, 2.75) is 38.5 Å². The van der Waals surface area contributed by atoms with Crippen LogP contribution in [0.5, 0.6) is 0 Å². The Bertz CT molecular complexity index is 1520. The minimum atomic E-state index is -3.51. The van der Waals surface area contributed by atoms with E-state index in [-0.39, 0.29) is 4.90 Å². The number of nitrogens with zero attached hydrogens (tertiary/aromatic N) is 4. The van der Waals surface area contributed by atoms with Gasteiger partial charge in [-0.2, -0.15) is 0 Å². The van der Waals surface area contributed by atoms with E-state index in [1.165, 1.54) is 22.8 Å². The molecule has 35 heavy (non-hydrogen) atoms. The van der Waals surface area contributed by atoms with Gasteiger partial charge in [0.1, 0.15) is 10.0 Å². The smallest absolute Gasteiger partial charge is 0.230 e. The van der Waals surface area contributed by atoms with E-state index in [1.807, 2.05) is 36.4 Å². The van der Waals surface area contributed by atoms with E-state index in [0.29, 0.717) is 8.60 Å². The van der Waals surface area contributed by atoms with Crippen LogP contribution in [-0.2, 0) is 20.0 Å². The molecule has 0 unspecified atom stereocenters. The van der Waals surface area contributed by atoms with Crippen LogP contribution in [0.2, 0.25) is 14.8 Å². The quantitative estimate of drug-likeness (QED) is 0.227. The Kier molecular flexibility index (Phi) is 8.54. The van der Waals surface area contributed by atoms with Crippen molar-refractivity contribution in [2.24, 2.45) is 0 Å². The molecule has 4 rings (SSSR count). The van der Waals surface area contributed by atoms with Crippen molar-refractivity contribution in [3.8, 4) is 0 Å². The van der Waals surface area contributed by atoms with E-state index in [0.717, 1.165) is 18.8 Å². The van der Waals surface area contributed by atoms with Gasteiger partial charge in [0, 0.05) is 0 Å². The van der Waals surface area contributed by atoms with Crippen molar-refractivity contribution in [2.75, 3.05) is 0 Å². The van der Waals surface area contributed by atoms with Crippen LogP contribution in [0.15, 0.2) is 83.4 Å². The molecular formula is C23H27IN4O4S2Sn.